The van der Waals surface area contributed by atoms with E-state index in [9.17, 15) is 26.4 Å². The van der Waals surface area contributed by atoms with Crippen LogP contribution in [0.3, 0.4) is 0 Å². The van der Waals surface area contributed by atoms with Crippen molar-refractivity contribution in [2.45, 2.75) is 45.2 Å². The van der Waals surface area contributed by atoms with Gasteiger partial charge in [-0.1, -0.05) is 30.7 Å². The van der Waals surface area contributed by atoms with E-state index in [1.54, 1.807) is 6.92 Å². The molecule has 0 fully saturated rings. The summed E-state index contributed by atoms with van der Waals surface area (Å²) < 4.78 is 65.8. The maximum Gasteiger partial charge on any atom is 0.416 e. The number of sulfonamides is 1. The number of amides is 1. The number of carbonyl (C=O) groups excluding carboxylic acids is 1. The second kappa shape index (κ2) is 9.18. The minimum atomic E-state index is -4.67. The van der Waals surface area contributed by atoms with Gasteiger partial charge in [0.2, 0.25) is 15.9 Å². The second-order valence-electron chi connectivity index (χ2n) is 7.19. The van der Waals surface area contributed by atoms with Crippen LogP contribution in [0.15, 0.2) is 41.3 Å². The Kier molecular flexibility index (Phi) is 7.31. The minimum absolute atomic E-state index is 0.00212. The fourth-order valence-electron chi connectivity index (χ4n) is 3.23. The van der Waals surface area contributed by atoms with Crippen LogP contribution in [0.5, 0.6) is 0 Å². The first-order valence-electron chi connectivity index (χ1n) is 9.41. The van der Waals surface area contributed by atoms with Crippen LogP contribution in [-0.4, -0.2) is 31.7 Å². The molecule has 2 rings (SSSR count). The maximum absolute atomic E-state index is 13.0. The number of rotatable bonds is 7. The highest BCUT2D eigenvalue weighted by atomic mass is 32.2. The molecule has 0 saturated carbocycles. The predicted molar refractivity (Wildman–Crippen MR) is 110 cm³/mol. The number of nitrogens with one attached hydrogen (secondary N) is 1. The molecule has 0 aromatic heterocycles. The molecule has 1 amide bonds. The van der Waals surface area contributed by atoms with Crippen LogP contribution >= 0.6 is 0 Å². The molecule has 5 nitrogen and oxygen atoms in total. The van der Waals surface area contributed by atoms with E-state index in [1.165, 1.54) is 0 Å². The standard InChI is InChI=1S/C21H25F3N2O3S/c1-5-9-26(13-19(27)25-20-15(3)10-14(2)11-16(20)4)30(28,29)18-8-6-7-17(12-18)21(22,23)24/h6-8,10-12H,5,9,13H2,1-4H3,(H,25,27). The number of halogens is 3. The summed E-state index contributed by atoms with van der Waals surface area (Å²) in [6.45, 7) is 6.81. The molecule has 0 saturated heterocycles. The number of hydrogen-bond acceptors (Lipinski definition) is 3. The molecule has 164 valence electrons. The lowest BCUT2D eigenvalue weighted by molar-refractivity contribution is -0.137. The highest BCUT2D eigenvalue weighted by molar-refractivity contribution is 7.89. The normalized spacial score (nSPS) is 12.3. The smallest absolute Gasteiger partial charge is 0.324 e. The molecule has 30 heavy (non-hydrogen) atoms. The Morgan fingerprint density at radius 1 is 1.07 bits per heavy atom. The van der Waals surface area contributed by atoms with Gasteiger partial charge in [0.15, 0.2) is 0 Å². The van der Waals surface area contributed by atoms with Gasteiger partial charge >= 0.3 is 6.18 Å². The maximum atomic E-state index is 13.0. The van der Waals surface area contributed by atoms with Gasteiger partial charge in [0.25, 0.3) is 0 Å². The zero-order valence-corrected chi connectivity index (χ0v) is 18.1. The van der Waals surface area contributed by atoms with Crippen molar-refractivity contribution in [1.29, 1.82) is 0 Å². The van der Waals surface area contributed by atoms with E-state index in [1.807, 2.05) is 32.9 Å². The molecule has 0 atom stereocenters. The third-order valence-electron chi connectivity index (χ3n) is 4.53. The van der Waals surface area contributed by atoms with E-state index in [0.29, 0.717) is 18.2 Å². The van der Waals surface area contributed by atoms with E-state index in [0.717, 1.165) is 39.2 Å². The Labute approximate surface area is 175 Å². The third kappa shape index (κ3) is 5.60. The molecule has 2 aromatic rings. The highest BCUT2D eigenvalue weighted by Crippen LogP contribution is 2.31. The SMILES string of the molecule is CCCN(CC(=O)Nc1c(C)cc(C)cc1C)S(=O)(=O)c1cccc(C(F)(F)F)c1. The molecule has 0 aliphatic heterocycles. The summed E-state index contributed by atoms with van der Waals surface area (Å²) in [6, 6.07) is 7.32. The fourth-order valence-corrected chi connectivity index (χ4v) is 4.77. The van der Waals surface area contributed by atoms with Crippen molar-refractivity contribution in [3.8, 4) is 0 Å². The van der Waals surface area contributed by atoms with Crippen LogP contribution < -0.4 is 5.32 Å². The van der Waals surface area contributed by atoms with Crippen LogP contribution in [0.25, 0.3) is 0 Å². The molecule has 0 bridgehead atoms. The Hall–Kier alpha value is -2.39. The van der Waals surface area contributed by atoms with Gasteiger partial charge in [0.05, 0.1) is 17.0 Å². The lowest BCUT2D eigenvalue weighted by Crippen LogP contribution is -2.38. The zero-order chi connectivity index (χ0) is 22.7. The van der Waals surface area contributed by atoms with Crippen LogP contribution in [0.1, 0.15) is 35.6 Å². The molecular formula is C21H25F3N2O3S. The zero-order valence-electron chi connectivity index (χ0n) is 17.3. The van der Waals surface area contributed by atoms with Crippen molar-refractivity contribution in [3.63, 3.8) is 0 Å². The van der Waals surface area contributed by atoms with E-state index >= 15 is 0 Å². The van der Waals surface area contributed by atoms with Gasteiger partial charge in [0.1, 0.15) is 0 Å². The summed E-state index contributed by atoms with van der Waals surface area (Å²) >= 11 is 0. The number of carbonyl (C=O) groups is 1. The Bertz CT molecular complexity index is 1010. The molecular weight excluding hydrogens is 417 g/mol. The molecule has 0 aliphatic carbocycles. The molecule has 0 spiro atoms. The monoisotopic (exact) mass is 442 g/mol. The quantitative estimate of drug-likeness (QED) is 0.678. The van der Waals surface area contributed by atoms with Gasteiger partial charge in [-0.3, -0.25) is 4.79 Å². The van der Waals surface area contributed by atoms with Gasteiger partial charge in [-0.25, -0.2) is 8.42 Å². The van der Waals surface area contributed by atoms with Crippen molar-refractivity contribution in [3.05, 3.63) is 58.7 Å². The molecule has 9 heteroatoms. The molecule has 0 heterocycles. The van der Waals surface area contributed by atoms with Crippen molar-refractivity contribution in [1.82, 2.24) is 4.31 Å². The molecule has 0 radical (unpaired) electrons. The van der Waals surface area contributed by atoms with Crippen molar-refractivity contribution >= 4 is 21.6 Å². The number of anilines is 1. The topological polar surface area (TPSA) is 66.5 Å². The van der Waals surface area contributed by atoms with Crippen LogP contribution in [-0.2, 0) is 21.0 Å². The van der Waals surface area contributed by atoms with Gasteiger partial charge in [-0.2, -0.15) is 17.5 Å². The lowest BCUT2D eigenvalue weighted by Gasteiger charge is -2.22. The summed E-state index contributed by atoms with van der Waals surface area (Å²) in [5, 5.41) is 2.73. The van der Waals surface area contributed by atoms with Crippen LogP contribution in [0.2, 0.25) is 0 Å². The van der Waals surface area contributed by atoms with Gasteiger partial charge < -0.3 is 5.32 Å². The van der Waals surface area contributed by atoms with Crippen LogP contribution in [0.4, 0.5) is 18.9 Å². The van der Waals surface area contributed by atoms with Gasteiger partial charge in [0, 0.05) is 12.2 Å². The Morgan fingerprint density at radius 2 is 1.67 bits per heavy atom. The summed E-state index contributed by atoms with van der Waals surface area (Å²) in [7, 11) is -4.29. The Balaban J connectivity index is 2.30. The second-order valence-corrected chi connectivity index (χ2v) is 9.12. The summed E-state index contributed by atoms with van der Waals surface area (Å²) in [5.41, 5.74) is 2.24. The van der Waals surface area contributed by atoms with Gasteiger partial charge in [-0.05, 0) is 56.5 Å². The van der Waals surface area contributed by atoms with Gasteiger partial charge in [-0.15, -0.1) is 0 Å². The molecule has 2 aromatic carbocycles. The predicted octanol–water partition coefficient (Wildman–Crippen LogP) is 4.67. The molecule has 0 unspecified atom stereocenters. The summed E-state index contributed by atoms with van der Waals surface area (Å²) in [5.74, 6) is -0.561. The van der Waals surface area contributed by atoms with E-state index in [-0.39, 0.29) is 6.54 Å². The Morgan fingerprint density at radius 3 is 2.20 bits per heavy atom. The first-order chi connectivity index (χ1) is 13.9. The lowest BCUT2D eigenvalue weighted by atomic mass is 10.1. The fraction of sp³-hybridized carbons (Fsp3) is 0.381. The largest absolute Gasteiger partial charge is 0.416 e. The highest BCUT2D eigenvalue weighted by Gasteiger charge is 2.33. The first kappa shape index (κ1) is 23.9. The van der Waals surface area contributed by atoms with Crippen molar-refractivity contribution in [2.75, 3.05) is 18.4 Å². The van der Waals surface area contributed by atoms with Crippen LogP contribution in [0, 0.1) is 20.8 Å². The number of nitrogens with zero attached hydrogens (tertiary/aromatic N) is 1. The van der Waals surface area contributed by atoms with Crippen molar-refractivity contribution in [2.24, 2.45) is 0 Å². The first-order valence-corrected chi connectivity index (χ1v) is 10.9. The van der Waals surface area contributed by atoms with E-state index in [2.05, 4.69) is 5.32 Å². The average Bonchev–Trinajstić information content (AvgIpc) is 2.63. The summed E-state index contributed by atoms with van der Waals surface area (Å²) in [6.07, 6.45) is -4.27. The van der Waals surface area contributed by atoms with Crippen molar-refractivity contribution < 1.29 is 26.4 Å². The minimum Gasteiger partial charge on any atom is -0.324 e. The number of hydrogen-bond donors (Lipinski definition) is 1. The van der Waals surface area contributed by atoms with E-state index in [4.69, 9.17) is 0 Å². The van der Waals surface area contributed by atoms with E-state index < -0.39 is 39.1 Å². The third-order valence-corrected chi connectivity index (χ3v) is 6.37. The number of aryl methyl sites for hydroxylation is 3. The average molecular weight is 443 g/mol. The number of alkyl halides is 3. The molecule has 0 aliphatic rings. The molecule has 1 N–H and O–H groups in total. The number of benzene rings is 2. The summed E-state index contributed by atoms with van der Waals surface area (Å²) in [4.78, 5) is 12.1.